The first kappa shape index (κ1) is 13.7. The van der Waals surface area contributed by atoms with Gasteiger partial charge in [-0.15, -0.1) is 13.2 Å². The van der Waals surface area contributed by atoms with Crippen LogP contribution >= 0.6 is 0 Å². The average molecular weight is 240 g/mol. The molecule has 3 nitrogen and oxygen atoms in total. The standard InChI is InChI=1S/C10H19F3N2O/c1-3-9(2)8-15(5-4-14-9)6-7-16-10(11,12)13/h14H,3-8H2,1-2H3. The van der Waals surface area contributed by atoms with E-state index < -0.39 is 6.36 Å². The van der Waals surface area contributed by atoms with E-state index in [1.807, 2.05) is 4.90 Å². The summed E-state index contributed by atoms with van der Waals surface area (Å²) < 4.78 is 39.1. The minimum absolute atomic E-state index is 0.0104. The second-order valence-electron chi connectivity index (χ2n) is 4.41. The van der Waals surface area contributed by atoms with Gasteiger partial charge in [0.25, 0.3) is 0 Å². The van der Waals surface area contributed by atoms with Crippen molar-refractivity contribution in [3.63, 3.8) is 0 Å². The Hall–Kier alpha value is -0.330. The van der Waals surface area contributed by atoms with E-state index in [2.05, 4.69) is 23.9 Å². The van der Waals surface area contributed by atoms with Gasteiger partial charge in [-0.25, -0.2) is 0 Å². The van der Waals surface area contributed by atoms with Crippen LogP contribution in [0.5, 0.6) is 0 Å². The number of rotatable bonds is 4. The van der Waals surface area contributed by atoms with Gasteiger partial charge in [0.15, 0.2) is 0 Å². The summed E-state index contributed by atoms with van der Waals surface area (Å²) in [5.74, 6) is 0. The first-order chi connectivity index (χ1) is 7.35. The zero-order valence-electron chi connectivity index (χ0n) is 9.73. The van der Waals surface area contributed by atoms with Gasteiger partial charge in [0, 0.05) is 31.7 Å². The highest BCUT2D eigenvalue weighted by atomic mass is 19.4. The molecule has 1 N–H and O–H groups in total. The topological polar surface area (TPSA) is 24.5 Å². The van der Waals surface area contributed by atoms with Gasteiger partial charge in [-0.05, 0) is 13.3 Å². The molecule has 0 aromatic rings. The highest BCUT2D eigenvalue weighted by Crippen LogP contribution is 2.17. The van der Waals surface area contributed by atoms with E-state index in [-0.39, 0.29) is 12.1 Å². The molecule has 6 heteroatoms. The Balaban J connectivity index is 2.27. The first-order valence-corrected chi connectivity index (χ1v) is 5.53. The number of piperazine rings is 1. The Morgan fingerprint density at radius 2 is 2.12 bits per heavy atom. The quantitative estimate of drug-likeness (QED) is 0.807. The maximum atomic E-state index is 11.8. The van der Waals surface area contributed by atoms with E-state index in [1.165, 1.54) is 0 Å². The Morgan fingerprint density at radius 3 is 2.69 bits per heavy atom. The number of halogens is 3. The van der Waals surface area contributed by atoms with Crippen molar-refractivity contribution in [2.75, 3.05) is 32.8 Å². The largest absolute Gasteiger partial charge is 0.522 e. The van der Waals surface area contributed by atoms with Crippen molar-refractivity contribution in [2.24, 2.45) is 0 Å². The zero-order chi connectivity index (χ0) is 12.2. The lowest BCUT2D eigenvalue weighted by atomic mass is 9.96. The summed E-state index contributed by atoms with van der Waals surface area (Å²) >= 11 is 0. The third kappa shape index (κ3) is 4.67. The van der Waals surface area contributed by atoms with Crippen LogP contribution in [0.4, 0.5) is 13.2 Å². The molecule has 1 fully saturated rings. The minimum atomic E-state index is -4.51. The van der Waals surface area contributed by atoms with Crippen molar-refractivity contribution in [3.05, 3.63) is 0 Å². The number of alkyl halides is 3. The number of hydrogen-bond donors (Lipinski definition) is 1. The fraction of sp³-hybridized carbons (Fsp3) is 1.00. The van der Waals surface area contributed by atoms with E-state index in [4.69, 9.17) is 0 Å². The van der Waals surface area contributed by atoms with Crippen LogP contribution in [0.1, 0.15) is 20.3 Å². The van der Waals surface area contributed by atoms with Gasteiger partial charge in [-0.3, -0.25) is 9.64 Å². The molecule has 16 heavy (non-hydrogen) atoms. The molecule has 1 aliphatic heterocycles. The van der Waals surface area contributed by atoms with Crippen molar-refractivity contribution in [3.8, 4) is 0 Å². The number of nitrogens with zero attached hydrogens (tertiary/aromatic N) is 1. The van der Waals surface area contributed by atoms with Crippen molar-refractivity contribution in [1.29, 1.82) is 0 Å². The Labute approximate surface area is 93.9 Å². The van der Waals surface area contributed by atoms with E-state index in [1.54, 1.807) is 0 Å². The molecule has 1 heterocycles. The summed E-state index contributed by atoms with van der Waals surface area (Å²) in [5, 5.41) is 3.38. The molecule has 1 unspecified atom stereocenters. The van der Waals surface area contributed by atoms with Crippen molar-refractivity contribution in [2.45, 2.75) is 32.2 Å². The fourth-order valence-corrected chi connectivity index (χ4v) is 1.86. The molecule has 0 saturated carbocycles. The molecule has 96 valence electrons. The second kappa shape index (κ2) is 5.33. The van der Waals surface area contributed by atoms with Gasteiger partial charge >= 0.3 is 6.36 Å². The lowest BCUT2D eigenvalue weighted by molar-refractivity contribution is -0.325. The lowest BCUT2D eigenvalue weighted by Crippen LogP contribution is -2.58. The van der Waals surface area contributed by atoms with Crippen LogP contribution in [0.25, 0.3) is 0 Å². The average Bonchev–Trinajstić information content (AvgIpc) is 2.16. The molecule has 1 aliphatic rings. The Kier molecular flexibility index (Phi) is 4.58. The molecule has 0 spiro atoms. The summed E-state index contributed by atoms with van der Waals surface area (Å²) in [7, 11) is 0. The number of hydrogen-bond acceptors (Lipinski definition) is 3. The normalized spacial score (nSPS) is 28.3. The highest BCUT2D eigenvalue weighted by Gasteiger charge is 2.31. The highest BCUT2D eigenvalue weighted by molar-refractivity contribution is 4.89. The third-order valence-electron chi connectivity index (χ3n) is 3.01. The maximum Gasteiger partial charge on any atom is 0.522 e. The summed E-state index contributed by atoms with van der Waals surface area (Å²) in [6, 6.07) is 0. The molecule has 0 aliphatic carbocycles. The van der Waals surface area contributed by atoms with Gasteiger partial charge in [0.1, 0.15) is 0 Å². The molecule has 1 rings (SSSR count). The van der Waals surface area contributed by atoms with Crippen LogP contribution in [0.3, 0.4) is 0 Å². The van der Waals surface area contributed by atoms with E-state index in [9.17, 15) is 13.2 Å². The van der Waals surface area contributed by atoms with Gasteiger partial charge in [-0.1, -0.05) is 6.92 Å². The molecular weight excluding hydrogens is 221 g/mol. The van der Waals surface area contributed by atoms with Crippen LogP contribution < -0.4 is 5.32 Å². The van der Waals surface area contributed by atoms with Crippen molar-refractivity contribution >= 4 is 0 Å². The molecule has 1 saturated heterocycles. The summed E-state index contributed by atoms with van der Waals surface area (Å²) in [6.07, 6.45) is -3.55. The van der Waals surface area contributed by atoms with E-state index in [0.717, 1.165) is 26.1 Å². The van der Waals surface area contributed by atoms with Gasteiger partial charge < -0.3 is 5.32 Å². The van der Waals surface area contributed by atoms with Crippen LogP contribution in [-0.2, 0) is 4.74 Å². The SMILES string of the molecule is CCC1(C)CN(CCOC(F)(F)F)CCN1. The third-order valence-corrected chi connectivity index (χ3v) is 3.01. The van der Waals surface area contributed by atoms with Gasteiger partial charge in [0.05, 0.1) is 6.61 Å². The molecule has 0 aromatic carbocycles. The van der Waals surface area contributed by atoms with Gasteiger partial charge in [0.2, 0.25) is 0 Å². The molecule has 0 bridgehead atoms. The van der Waals surface area contributed by atoms with Gasteiger partial charge in [-0.2, -0.15) is 0 Å². The first-order valence-electron chi connectivity index (χ1n) is 5.53. The molecular formula is C10H19F3N2O. The number of ether oxygens (including phenoxy) is 1. The van der Waals surface area contributed by atoms with Crippen molar-refractivity contribution in [1.82, 2.24) is 10.2 Å². The van der Waals surface area contributed by atoms with Crippen LogP contribution in [-0.4, -0.2) is 49.6 Å². The van der Waals surface area contributed by atoms with Crippen LogP contribution in [0.2, 0.25) is 0 Å². The Bertz CT molecular complexity index is 223. The smallest absolute Gasteiger partial charge is 0.309 e. The van der Waals surface area contributed by atoms with Crippen molar-refractivity contribution < 1.29 is 17.9 Å². The Morgan fingerprint density at radius 1 is 1.44 bits per heavy atom. The lowest BCUT2D eigenvalue weighted by Gasteiger charge is -2.41. The zero-order valence-corrected chi connectivity index (χ0v) is 9.73. The summed E-state index contributed by atoms with van der Waals surface area (Å²) in [4.78, 5) is 2.01. The fourth-order valence-electron chi connectivity index (χ4n) is 1.86. The van der Waals surface area contributed by atoms with E-state index >= 15 is 0 Å². The number of nitrogens with one attached hydrogen (secondary N) is 1. The molecule has 0 amide bonds. The van der Waals surface area contributed by atoms with Crippen LogP contribution in [0.15, 0.2) is 0 Å². The maximum absolute atomic E-state index is 11.8. The molecule has 0 aromatic heterocycles. The summed E-state index contributed by atoms with van der Waals surface area (Å²) in [5.41, 5.74) is 0.0104. The second-order valence-corrected chi connectivity index (χ2v) is 4.41. The summed E-state index contributed by atoms with van der Waals surface area (Å²) in [6.45, 7) is 6.56. The predicted octanol–water partition coefficient (Wildman–Crippen LogP) is 1.60. The van der Waals surface area contributed by atoms with Crippen LogP contribution in [0, 0.1) is 0 Å². The molecule has 1 atom stereocenters. The predicted molar refractivity (Wildman–Crippen MR) is 55.1 cm³/mol. The monoisotopic (exact) mass is 240 g/mol. The minimum Gasteiger partial charge on any atom is -0.309 e. The molecule has 0 radical (unpaired) electrons. The van der Waals surface area contributed by atoms with E-state index in [0.29, 0.717) is 6.54 Å².